The van der Waals surface area contributed by atoms with Gasteiger partial charge in [-0.1, -0.05) is 0 Å². The van der Waals surface area contributed by atoms with Gasteiger partial charge in [0.2, 0.25) is 0 Å². The molecule has 21 heavy (non-hydrogen) atoms. The first kappa shape index (κ1) is 16.4. The number of rotatable bonds is 4. The lowest BCUT2D eigenvalue weighted by Gasteiger charge is -2.20. The number of hydrazine groups is 1. The Morgan fingerprint density at radius 3 is 2.52 bits per heavy atom. The molecule has 2 nitrogen and oxygen atoms in total. The van der Waals surface area contributed by atoms with Gasteiger partial charge in [0.15, 0.2) is 0 Å². The maximum Gasteiger partial charge on any atom is 0.416 e. The second-order valence-electron chi connectivity index (χ2n) is 4.38. The molecular weight excluding hydrogens is 372 g/mol. The van der Waals surface area contributed by atoms with Gasteiger partial charge in [0.1, 0.15) is 5.82 Å². The summed E-state index contributed by atoms with van der Waals surface area (Å²) in [5.41, 5.74) is 1.25. The molecule has 2 rings (SSSR count). The van der Waals surface area contributed by atoms with E-state index in [1.54, 1.807) is 6.07 Å². The highest BCUT2D eigenvalue weighted by molar-refractivity contribution is 9.10. The average molecular weight is 383 g/mol. The van der Waals surface area contributed by atoms with Gasteiger partial charge >= 0.3 is 6.18 Å². The number of nitrogens with two attached hydrogens (primary N) is 1. The van der Waals surface area contributed by atoms with E-state index in [0.717, 1.165) is 27.5 Å². The molecular formula is C13H11BrF4N2S. The van der Waals surface area contributed by atoms with E-state index in [0.29, 0.717) is 0 Å². The summed E-state index contributed by atoms with van der Waals surface area (Å²) < 4.78 is 53.2. The lowest BCUT2D eigenvalue weighted by atomic mass is 9.97. The van der Waals surface area contributed by atoms with E-state index < -0.39 is 23.6 Å². The number of benzene rings is 1. The fourth-order valence-corrected chi connectivity index (χ4v) is 3.50. The van der Waals surface area contributed by atoms with Gasteiger partial charge in [0.25, 0.3) is 0 Å². The molecule has 0 aliphatic rings. The Bertz CT molecular complexity index is 627. The fourth-order valence-electron chi connectivity index (χ4n) is 2.00. The summed E-state index contributed by atoms with van der Waals surface area (Å²) in [7, 11) is 0. The Kier molecular flexibility index (Phi) is 5.03. The highest BCUT2D eigenvalue weighted by Gasteiger charge is 2.35. The van der Waals surface area contributed by atoms with Crippen molar-refractivity contribution in [3.8, 4) is 0 Å². The standard InChI is InChI=1S/C13H11BrF4N2S/c14-7-3-9(21-6-7)5-12(20-19)10-4-8(15)1-2-11(10)13(16,17)18/h1-4,6,12,20H,5,19H2. The van der Waals surface area contributed by atoms with Gasteiger partial charge in [-0.15, -0.1) is 11.3 Å². The number of hydrogen-bond acceptors (Lipinski definition) is 3. The van der Waals surface area contributed by atoms with E-state index in [1.165, 1.54) is 11.3 Å². The Labute approximate surface area is 131 Å². The lowest BCUT2D eigenvalue weighted by molar-refractivity contribution is -0.138. The van der Waals surface area contributed by atoms with Crippen LogP contribution < -0.4 is 11.3 Å². The minimum absolute atomic E-state index is 0.200. The van der Waals surface area contributed by atoms with Crippen LogP contribution in [-0.2, 0) is 12.6 Å². The second kappa shape index (κ2) is 6.43. The first-order valence-corrected chi connectivity index (χ1v) is 7.54. The monoisotopic (exact) mass is 382 g/mol. The largest absolute Gasteiger partial charge is 0.416 e. The SMILES string of the molecule is NNC(Cc1cc(Br)cs1)c1cc(F)ccc1C(F)(F)F. The molecule has 8 heteroatoms. The van der Waals surface area contributed by atoms with Crippen LogP contribution in [0.1, 0.15) is 22.0 Å². The van der Waals surface area contributed by atoms with E-state index in [1.807, 2.05) is 5.38 Å². The van der Waals surface area contributed by atoms with Crippen LogP contribution in [0, 0.1) is 5.82 Å². The maximum atomic E-state index is 13.3. The summed E-state index contributed by atoms with van der Waals surface area (Å²) in [5.74, 6) is 4.64. The number of nitrogens with one attached hydrogen (secondary N) is 1. The molecule has 3 N–H and O–H groups in total. The highest BCUT2D eigenvalue weighted by Crippen LogP contribution is 2.36. The average Bonchev–Trinajstić information content (AvgIpc) is 2.80. The lowest BCUT2D eigenvalue weighted by Crippen LogP contribution is -2.31. The van der Waals surface area contributed by atoms with Crippen LogP contribution in [0.3, 0.4) is 0 Å². The molecule has 0 spiro atoms. The first-order valence-electron chi connectivity index (χ1n) is 5.87. The topological polar surface area (TPSA) is 38.0 Å². The maximum absolute atomic E-state index is 13.3. The van der Waals surface area contributed by atoms with E-state index >= 15 is 0 Å². The molecule has 1 unspecified atom stereocenters. The second-order valence-corrected chi connectivity index (χ2v) is 6.30. The summed E-state index contributed by atoms with van der Waals surface area (Å²) in [6, 6.07) is 3.36. The van der Waals surface area contributed by atoms with Crippen molar-refractivity contribution in [2.45, 2.75) is 18.6 Å². The molecule has 1 aromatic carbocycles. The van der Waals surface area contributed by atoms with Crippen molar-refractivity contribution in [3.05, 3.63) is 55.9 Å². The number of halogens is 5. The van der Waals surface area contributed by atoms with Gasteiger partial charge < -0.3 is 0 Å². The van der Waals surface area contributed by atoms with Crippen molar-refractivity contribution in [2.75, 3.05) is 0 Å². The van der Waals surface area contributed by atoms with Gasteiger partial charge in [-0.2, -0.15) is 13.2 Å². The summed E-state index contributed by atoms with van der Waals surface area (Å²) in [4.78, 5) is 0.835. The van der Waals surface area contributed by atoms with Crippen LogP contribution in [0.2, 0.25) is 0 Å². The molecule has 1 atom stereocenters. The molecule has 2 aromatic rings. The quantitative estimate of drug-likeness (QED) is 0.466. The molecule has 0 saturated heterocycles. The highest BCUT2D eigenvalue weighted by atomic mass is 79.9. The Morgan fingerprint density at radius 2 is 2.00 bits per heavy atom. The van der Waals surface area contributed by atoms with Gasteiger partial charge in [0, 0.05) is 21.2 Å². The zero-order valence-electron chi connectivity index (χ0n) is 10.5. The fraction of sp³-hybridized carbons (Fsp3) is 0.231. The zero-order valence-corrected chi connectivity index (χ0v) is 12.9. The third kappa shape index (κ3) is 4.03. The van der Waals surface area contributed by atoms with Gasteiger partial charge in [-0.25, -0.2) is 4.39 Å². The Hall–Kier alpha value is -0.960. The van der Waals surface area contributed by atoms with Gasteiger partial charge in [0.05, 0.1) is 11.6 Å². The van der Waals surface area contributed by atoms with E-state index in [-0.39, 0.29) is 12.0 Å². The molecule has 0 fully saturated rings. The van der Waals surface area contributed by atoms with Gasteiger partial charge in [-0.3, -0.25) is 11.3 Å². The van der Waals surface area contributed by atoms with Crippen molar-refractivity contribution in [1.29, 1.82) is 0 Å². The number of alkyl halides is 3. The van der Waals surface area contributed by atoms with E-state index in [9.17, 15) is 17.6 Å². The molecule has 114 valence electrons. The summed E-state index contributed by atoms with van der Waals surface area (Å²) in [6.07, 6.45) is -4.33. The van der Waals surface area contributed by atoms with Crippen LogP contribution >= 0.6 is 27.3 Å². The number of thiophene rings is 1. The summed E-state index contributed by atoms with van der Waals surface area (Å²) >= 11 is 4.66. The smallest absolute Gasteiger partial charge is 0.271 e. The number of hydrogen-bond donors (Lipinski definition) is 2. The van der Waals surface area contributed by atoms with Crippen LogP contribution in [-0.4, -0.2) is 0 Å². The predicted octanol–water partition coefficient (Wildman–Crippen LogP) is 4.42. The molecule has 0 aliphatic heterocycles. The normalized spacial score (nSPS) is 13.4. The van der Waals surface area contributed by atoms with E-state index in [4.69, 9.17) is 5.84 Å². The molecule has 1 heterocycles. The summed E-state index contributed by atoms with van der Waals surface area (Å²) in [6.45, 7) is 0. The van der Waals surface area contributed by atoms with Crippen molar-refractivity contribution in [1.82, 2.24) is 5.43 Å². The molecule has 0 radical (unpaired) electrons. The first-order chi connectivity index (χ1) is 9.81. The molecule has 0 amide bonds. The van der Waals surface area contributed by atoms with Crippen molar-refractivity contribution in [2.24, 2.45) is 5.84 Å². The molecule has 1 aromatic heterocycles. The zero-order chi connectivity index (χ0) is 15.6. The predicted molar refractivity (Wildman–Crippen MR) is 77.2 cm³/mol. The Morgan fingerprint density at radius 1 is 1.29 bits per heavy atom. The summed E-state index contributed by atoms with van der Waals surface area (Å²) in [5, 5.41) is 1.82. The van der Waals surface area contributed by atoms with Crippen LogP contribution in [0.25, 0.3) is 0 Å². The Balaban J connectivity index is 2.39. The third-order valence-electron chi connectivity index (χ3n) is 2.92. The minimum Gasteiger partial charge on any atom is -0.271 e. The minimum atomic E-state index is -4.56. The van der Waals surface area contributed by atoms with Crippen LogP contribution in [0.4, 0.5) is 17.6 Å². The van der Waals surface area contributed by atoms with Gasteiger partial charge in [-0.05, 0) is 45.8 Å². The van der Waals surface area contributed by atoms with Crippen LogP contribution in [0.5, 0.6) is 0 Å². The van der Waals surface area contributed by atoms with Crippen molar-refractivity contribution >= 4 is 27.3 Å². The molecule has 0 bridgehead atoms. The van der Waals surface area contributed by atoms with Crippen molar-refractivity contribution < 1.29 is 17.6 Å². The molecule has 0 aliphatic carbocycles. The van der Waals surface area contributed by atoms with E-state index in [2.05, 4.69) is 21.4 Å². The third-order valence-corrected chi connectivity index (χ3v) is 4.64. The van der Waals surface area contributed by atoms with Crippen LogP contribution in [0.15, 0.2) is 34.1 Å². The van der Waals surface area contributed by atoms with Crippen molar-refractivity contribution in [3.63, 3.8) is 0 Å². The molecule has 0 saturated carbocycles.